The summed E-state index contributed by atoms with van der Waals surface area (Å²) >= 11 is 0. The van der Waals surface area contributed by atoms with Gasteiger partial charge in [0.15, 0.2) is 5.69 Å². The van der Waals surface area contributed by atoms with Crippen LogP contribution in [0.3, 0.4) is 0 Å². The molecule has 1 amide bonds. The van der Waals surface area contributed by atoms with Crippen LogP contribution in [-0.4, -0.2) is 27.4 Å². The Labute approximate surface area is 175 Å². The third-order valence-electron chi connectivity index (χ3n) is 5.42. The van der Waals surface area contributed by atoms with Crippen molar-refractivity contribution in [3.8, 4) is 0 Å². The van der Waals surface area contributed by atoms with Crippen molar-refractivity contribution in [2.75, 3.05) is 11.9 Å². The normalized spacial score (nSPS) is 15.9. The fourth-order valence-electron chi connectivity index (χ4n) is 3.90. The highest BCUT2D eigenvalue weighted by Crippen LogP contribution is 2.35. The second-order valence-corrected chi connectivity index (χ2v) is 8.60. The standard InChI is InChI=1S/C20H16F4N5OP/c21-15-4-3-14(20(22,23)24)13-9-29-19(31-17(13)15)16(27-28-29)18(30)26-12-2-1-11-8-25-6-5-10(11)7-12/h1-4,7,25,31H,5-6,8-9H2,(H,26,30). The fraction of sp³-hybridized carbons (Fsp3) is 0.250. The second kappa shape index (κ2) is 7.39. The Morgan fingerprint density at radius 1 is 1.19 bits per heavy atom. The van der Waals surface area contributed by atoms with Crippen molar-refractivity contribution in [3.05, 3.63) is 64.1 Å². The molecule has 31 heavy (non-hydrogen) atoms. The molecule has 5 rings (SSSR count). The summed E-state index contributed by atoms with van der Waals surface area (Å²) in [6, 6.07) is 7.17. The van der Waals surface area contributed by atoms with Crippen LogP contribution in [0.4, 0.5) is 23.2 Å². The Morgan fingerprint density at radius 2 is 2.03 bits per heavy atom. The van der Waals surface area contributed by atoms with E-state index < -0.39 is 32.0 Å². The lowest BCUT2D eigenvalue weighted by Gasteiger charge is -2.22. The van der Waals surface area contributed by atoms with E-state index in [1.807, 2.05) is 12.1 Å². The molecule has 0 saturated heterocycles. The quantitative estimate of drug-likeness (QED) is 0.364. The number of benzene rings is 2. The minimum absolute atomic E-state index is 0.0137. The molecule has 2 N–H and O–H groups in total. The molecule has 3 aromatic rings. The van der Waals surface area contributed by atoms with Gasteiger partial charge < -0.3 is 10.6 Å². The van der Waals surface area contributed by atoms with Gasteiger partial charge in [-0.1, -0.05) is 11.3 Å². The number of hydrogen-bond acceptors (Lipinski definition) is 4. The third-order valence-corrected chi connectivity index (χ3v) is 6.94. The van der Waals surface area contributed by atoms with Crippen LogP contribution in [0.2, 0.25) is 0 Å². The molecule has 2 aliphatic heterocycles. The number of fused-ring (bicyclic) bond motifs is 3. The predicted octanol–water partition coefficient (Wildman–Crippen LogP) is 2.33. The van der Waals surface area contributed by atoms with Gasteiger partial charge in [-0.25, -0.2) is 9.07 Å². The van der Waals surface area contributed by atoms with Crippen LogP contribution in [-0.2, 0) is 25.7 Å². The molecule has 0 bridgehead atoms. The van der Waals surface area contributed by atoms with E-state index in [2.05, 4.69) is 20.9 Å². The molecule has 0 fully saturated rings. The first-order valence-electron chi connectivity index (χ1n) is 9.54. The van der Waals surface area contributed by atoms with Gasteiger partial charge >= 0.3 is 6.18 Å². The first-order chi connectivity index (χ1) is 14.8. The van der Waals surface area contributed by atoms with Crippen molar-refractivity contribution in [2.24, 2.45) is 0 Å². The highest BCUT2D eigenvalue weighted by atomic mass is 31.1. The number of amides is 1. The SMILES string of the molecule is O=C(Nc1ccc2c(c1)CCNC2)c1nnn2c1Pc1c(F)ccc(C(F)(F)F)c1C2. The summed E-state index contributed by atoms with van der Waals surface area (Å²) in [4.78, 5) is 12.8. The number of nitrogens with zero attached hydrogens (tertiary/aromatic N) is 3. The minimum atomic E-state index is -4.61. The first-order valence-corrected chi connectivity index (χ1v) is 10.5. The lowest BCUT2D eigenvalue weighted by atomic mass is 10.0. The Morgan fingerprint density at radius 3 is 2.84 bits per heavy atom. The largest absolute Gasteiger partial charge is 0.416 e. The number of aromatic nitrogens is 3. The van der Waals surface area contributed by atoms with Crippen LogP contribution >= 0.6 is 8.58 Å². The van der Waals surface area contributed by atoms with Crippen molar-refractivity contribution in [2.45, 2.75) is 25.7 Å². The van der Waals surface area contributed by atoms with Crippen LogP contribution in [0.1, 0.15) is 32.7 Å². The third kappa shape index (κ3) is 3.59. The van der Waals surface area contributed by atoms with Gasteiger partial charge in [0, 0.05) is 17.5 Å². The molecule has 1 aromatic heterocycles. The number of carbonyl (C=O) groups is 1. The predicted molar refractivity (Wildman–Crippen MR) is 108 cm³/mol. The summed E-state index contributed by atoms with van der Waals surface area (Å²) in [5.41, 5.74) is 2.13. The molecule has 0 aliphatic carbocycles. The first kappa shape index (κ1) is 20.1. The molecular formula is C20H16F4N5OP. The molecule has 3 heterocycles. The van der Waals surface area contributed by atoms with Crippen LogP contribution in [0.5, 0.6) is 0 Å². The molecule has 1 atom stereocenters. The van der Waals surface area contributed by atoms with E-state index in [9.17, 15) is 22.4 Å². The highest BCUT2D eigenvalue weighted by Gasteiger charge is 2.37. The number of rotatable bonds is 2. The Bertz CT molecular complexity index is 1210. The number of carbonyl (C=O) groups excluding carboxylic acids is 1. The highest BCUT2D eigenvalue weighted by molar-refractivity contribution is 7.55. The van der Waals surface area contributed by atoms with Crippen molar-refractivity contribution in [1.29, 1.82) is 0 Å². The Kier molecular flexibility index (Phi) is 4.79. The number of anilines is 1. The van der Waals surface area contributed by atoms with Crippen molar-refractivity contribution >= 4 is 30.9 Å². The van der Waals surface area contributed by atoms with Crippen LogP contribution in [0.15, 0.2) is 30.3 Å². The molecule has 1 unspecified atom stereocenters. The summed E-state index contributed by atoms with van der Waals surface area (Å²) < 4.78 is 55.6. The Hall–Kier alpha value is -2.84. The summed E-state index contributed by atoms with van der Waals surface area (Å²) in [5, 5.41) is 13.7. The maximum Gasteiger partial charge on any atom is 0.416 e. The lowest BCUT2D eigenvalue weighted by Crippen LogP contribution is -2.33. The number of alkyl halides is 3. The summed E-state index contributed by atoms with van der Waals surface area (Å²) in [5.74, 6) is -1.26. The average molecular weight is 449 g/mol. The monoisotopic (exact) mass is 449 g/mol. The maximum absolute atomic E-state index is 14.4. The Balaban J connectivity index is 1.44. The molecule has 11 heteroatoms. The van der Waals surface area contributed by atoms with Crippen molar-refractivity contribution < 1.29 is 22.4 Å². The smallest absolute Gasteiger partial charge is 0.321 e. The van der Waals surface area contributed by atoms with E-state index in [0.29, 0.717) is 11.1 Å². The van der Waals surface area contributed by atoms with E-state index in [1.54, 1.807) is 6.07 Å². The molecule has 6 nitrogen and oxygen atoms in total. The molecule has 0 radical (unpaired) electrons. The molecule has 0 spiro atoms. The zero-order valence-corrected chi connectivity index (χ0v) is 17.0. The molecular weight excluding hydrogens is 433 g/mol. The molecule has 0 saturated carbocycles. The van der Waals surface area contributed by atoms with Crippen LogP contribution in [0, 0.1) is 5.82 Å². The van der Waals surface area contributed by atoms with E-state index in [0.717, 1.165) is 37.2 Å². The fourth-order valence-corrected chi connectivity index (χ4v) is 5.24. The van der Waals surface area contributed by atoms with E-state index in [1.165, 1.54) is 10.2 Å². The molecule has 2 aromatic carbocycles. The summed E-state index contributed by atoms with van der Waals surface area (Å²) in [7, 11) is -0.506. The van der Waals surface area contributed by atoms with Gasteiger partial charge in [0.1, 0.15) is 5.82 Å². The summed E-state index contributed by atoms with van der Waals surface area (Å²) in [6.07, 6.45) is -3.76. The van der Waals surface area contributed by atoms with Crippen LogP contribution < -0.4 is 21.4 Å². The van der Waals surface area contributed by atoms with Crippen molar-refractivity contribution in [3.63, 3.8) is 0 Å². The molecule has 2 aliphatic rings. The number of halogens is 4. The van der Waals surface area contributed by atoms with Crippen molar-refractivity contribution in [1.82, 2.24) is 20.3 Å². The lowest BCUT2D eigenvalue weighted by molar-refractivity contribution is -0.138. The topological polar surface area (TPSA) is 71.8 Å². The van der Waals surface area contributed by atoms with Gasteiger partial charge in [-0.2, -0.15) is 13.2 Å². The van der Waals surface area contributed by atoms with E-state index in [4.69, 9.17) is 0 Å². The van der Waals surface area contributed by atoms with E-state index >= 15 is 0 Å². The maximum atomic E-state index is 14.4. The average Bonchev–Trinajstić information content (AvgIpc) is 3.15. The minimum Gasteiger partial charge on any atom is -0.321 e. The molecule has 160 valence electrons. The number of nitrogens with one attached hydrogen (secondary N) is 2. The van der Waals surface area contributed by atoms with Gasteiger partial charge in [-0.3, -0.25) is 4.79 Å². The van der Waals surface area contributed by atoms with Gasteiger partial charge in [0.05, 0.1) is 17.5 Å². The van der Waals surface area contributed by atoms with Gasteiger partial charge in [-0.05, 0) is 62.5 Å². The van der Waals surface area contributed by atoms with Crippen LogP contribution in [0.25, 0.3) is 0 Å². The zero-order valence-electron chi connectivity index (χ0n) is 16.0. The number of hydrogen-bond donors (Lipinski definition) is 2. The second-order valence-electron chi connectivity index (χ2n) is 7.38. The zero-order chi connectivity index (χ0) is 21.8. The van der Waals surface area contributed by atoms with Gasteiger partial charge in [-0.15, -0.1) is 5.10 Å². The van der Waals surface area contributed by atoms with E-state index in [-0.39, 0.29) is 23.1 Å². The van der Waals surface area contributed by atoms with Gasteiger partial charge in [0.25, 0.3) is 5.91 Å². The summed E-state index contributed by atoms with van der Waals surface area (Å²) in [6.45, 7) is 1.33. The van der Waals surface area contributed by atoms with Gasteiger partial charge in [0.2, 0.25) is 0 Å².